The number of benzene rings is 1. The van der Waals surface area contributed by atoms with E-state index in [0.29, 0.717) is 6.04 Å². The van der Waals surface area contributed by atoms with Gasteiger partial charge in [-0.15, -0.1) is 0 Å². The van der Waals surface area contributed by atoms with Crippen LogP contribution in [0.4, 0.5) is 0 Å². The Hall–Kier alpha value is -1.52. The minimum Gasteiger partial charge on any atom is -0.381 e. The summed E-state index contributed by atoms with van der Waals surface area (Å²) in [5, 5.41) is 3.44. The van der Waals surface area contributed by atoms with E-state index in [1.54, 1.807) is 12.4 Å². The van der Waals surface area contributed by atoms with E-state index in [1.165, 1.54) is 18.4 Å². The molecule has 4 nitrogen and oxygen atoms in total. The molecule has 0 bridgehead atoms. The molecule has 0 aliphatic carbocycles. The number of hydrogen-bond donors (Lipinski definition) is 1. The third-order valence-corrected chi connectivity index (χ3v) is 4.15. The predicted molar refractivity (Wildman–Crippen MR) is 79.5 cm³/mol. The van der Waals surface area contributed by atoms with Crippen molar-refractivity contribution >= 4 is 11.0 Å². The SMILES string of the molecule is CNC(CC1CCOCC1)c1ccc2nccnc2c1. The minimum absolute atomic E-state index is 0.379. The van der Waals surface area contributed by atoms with Gasteiger partial charge in [-0.3, -0.25) is 9.97 Å². The normalized spacial score (nSPS) is 18.2. The van der Waals surface area contributed by atoms with Gasteiger partial charge in [-0.1, -0.05) is 6.07 Å². The van der Waals surface area contributed by atoms with E-state index in [4.69, 9.17) is 4.74 Å². The van der Waals surface area contributed by atoms with Crippen molar-refractivity contribution in [3.05, 3.63) is 36.2 Å². The van der Waals surface area contributed by atoms with Gasteiger partial charge in [0.1, 0.15) is 0 Å². The van der Waals surface area contributed by atoms with E-state index >= 15 is 0 Å². The van der Waals surface area contributed by atoms with E-state index in [0.717, 1.165) is 36.6 Å². The molecule has 1 N–H and O–H groups in total. The van der Waals surface area contributed by atoms with Gasteiger partial charge in [0, 0.05) is 31.6 Å². The monoisotopic (exact) mass is 271 g/mol. The molecule has 106 valence electrons. The lowest BCUT2D eigenvalue weighted by Gasteiger charge is -2.26. The summed E-state index contributed by atoms with van der Waals surface area (Å²) in [6.45, 7) is 1.81. The fraction of sp³-hybridized carbons (Fsp3) is 0.500. The van der Waals surface area contributed by atoms with Crippen LogP contribution in [0.15, 0.2) is 30.6 Å². The quantitative estimate of drug-likeness (QED) is 0.928. The zero-order valence-electron chi connectivity index (χ0n) is 11.9. The van der Waals surface area contributed by atoms with Crippen LogP contribution in [0.25, 0.3) is 11.0 Å². The van der Waals surface area contributed by atoms with Crippen LogP contribution in [-0.2, 0) is 4.74 Å². The average Bonchev–Trinajstić information content (AvgIpc) is 2.53. The fourth-order valence-electron chi connectivity index (χ4n) is 2.93. The standard InChI is InChI=1S/C16H21N3O/c1-17-15(10-12-4-8-20-9-5-12)13-2-3-14-16(11-13)19-7-6-18-14/h2-3,6-7,11-12,15,17H,4-5,8-10H2,1H3. The molecule has 1 aromatic carbocycles. The molecule has 1 aliphatic rings. The van der Waals surface area contributed by atoms with Crippen molar-refractivity contribution in [2.75, 3.05) is 20.3 Å². The number of ether oxygens (including phenoxy) is 1. The van der Waals surface area contributed by atoms with Gasteiger partial charge in [0.15, 0.2) is 0 Å². The first-order valence-electron chi connectivity index (χ1n) is 7.32. The summed E-state index contributed by atoms with van der Waals surface area (Å²) in [7, 11) is 2.03. The highest BCUT2D eigenvalue weighted by Crippen LogP contribution is 2.28. The highest BCUT2D eigenvalue weighted by molar-refractivity contribution is 5.74. The summed E-state index contributed by atoms with van der Waals surface area (Å²) < 4.78 is 5.44. The van der Waals surface area contributed by atoms with Crippen LogP contribution < -0.4 is 5.32 Å². The molecule has 1 fully saturated rings. The maximum absolute atomic E-state index is 5.44. The van der Waals surface area contributed by atoms with E-state index in [2.05, 4.69) is 33.5 Å². The van der Waals surface area contributed by atoms with Gasteiger partial charge in [0.05, 0.1) is 11.0 Å². The van der Waals surface area contributed by atoms with Crippen LogP contribution in [-0.4, -0.2) is 30.2 Å². The van der Waals surface area contributed by atoms with Crippen molar-refractivity contribution in [2.24, 2.45) is 5.92 Å². The predicted octanol–water partition coefficient (Wildman–Crippen LogP) is 2.71. The smallest absolute Gasteiger partial charge is 0.0890 e. The molecule has 4 heteroatoms. The second-order valence-corrected chi connectivity index (χ2v) is 5.44. The molecule has 1 saturated heterocycles. The van der Waals surface area contributed by atoms with Gasteiger partial charge in [-0.05, 0) is 49.9 Å². The summed E-state index contributed by atoms with van der Waals surface area (Å²) in [4.78, 5) is 8.72. The van der Waals surface area contributed by atoms with Crippen LogP contribution >= 0.6 is 0 Å². The summed E-state index contributed by atoms with van der Waals surface area (Å²) in [6, 6.07) is 6.76. The van der Waals surface area contributed by atoms with Crippen LogP contribution in [0.1, 0.15) is 30.9 Å². The number of nitrogens with zero attached hydrogens (tertiary/aromatic N) is 2. The van der Waals surface area contributed by atoms with Gasteiger partial charge < -0.3 is 10.1 Å². The van der Waals surface area contributed by atoms with E-state index in [1.807, 2.05) is 7.05 Å². The largest absolute Gasteiger partial charge is 0.381 e. The maximum atomic E-state index is 5.44. The summed E-state index contributed by atoms with van der Waals surface area (Å²) >= 11 is 0. The highest BCUT2D eigenvalue weighted by Gasteiger charge is 2.19. The molecule has 0 spiro atoms. The van der Waals surface area contributed by atoms with E-state index < -0.39 is 0 Å². The van der Waals surface area contributed by atoms with Crippen LogP contribution in [0, 0.1) is 5.92 Å². The Labute approximate surface area is 119 Å². The van der Waals surface area contributed by atoms with Crippen LogP contribution in [0.3, 0.4) is 0 Å². The Bertz CT molecular complexity index is 566. The number of nitrogens with one attached hydrogen (secondary N) is 1. The number of aromatic nitrogens is 2. The molecule has 0 saturated carbocycles. The minimum atomic E-state index is 0.379. The zero-order valence-corrected chi connectivity index (χ0v) is 11.9. The molecule has 1 aliphatic heterocycles. The van der Waals surface area contributed by atoms with Gasteiger partial charge in [0.25, 0.3) is 0 Å². The first-order valence-corrected chi connectivity index (χ1v) is 7.32. The lowest BCUT2D eigenvalue weighted by Crippen LogP contribution is -2.24. The molecule has 1 aromatic heterocycles. The van der Waals surface area contributed by atoms with Crippen molar-refractivity contribution < 1.29 is 4.74 Å². The van der Waals surface area contributed by atoms with Gasteiger partial charge in [-0.2, -0.15) is 0 Å². The second-order valence-electron chi connectivity index (χ2n) is 5.44. The molecule has 2 aromatic rings. The Morgan fingerprint density at radius 2 is 1.95 bits per heavy atom. The lowest BCUT2D eigenvalue weighted by atomic mass is 9.89. The second kappa shape index (κ2) is 6.29. The molecule has 1 atom stereocenters. The highest BCUT2D eigenvalue weighted by atomic mass is 16.5. The molecule has 3 rings (SSSR count). The van der Waals surface area contributed by atoms with Crippen molar-refractivity contribution in [1.29, 1.82) is 0 Å². The zero-order chi connectivity index (χ0) is 13.8. The number of hydrogen-bond acceptors (Lipinski definition) is 4. The summed E-state index contributed by atoms with van der Waals surface area (Å²) in [5.41, 5.74) is 3.22. The Morgan fingerprint density at radius 1 is 1.20 bits per heavy atom. The molecule has 0 radical (unpaired) electrons. The van der Waals surface area contributed by atoms with Crippen molar-refractivity contribution in [3.63, 3.8) is 0 Å². The van der Waals surface area contributed by atoms with Crippen LogP contribution in [0.2, 0.25) is 0 Å². The van der Waals surface area contributed by atoms with Crippen molar-refractivity contribution in [2.45, 2.75) is 25.3 Å². The van der Waals surface area contributed by atoms with Gasteiger partial charge in [0.2, 0.25) is 0 Å². The average molecular weight is 271 g/mol. The van der Waals surface area contributed by atoms with E-state index in [9.17, 15) is 0 Å². The summed E-state index contributed by atoms with van der Waals surface area (Å²) in [6.07, 6.45) is 6.99. The molecular weight excluding hydrogens is 250 g/mol. The molecule has 0 amide bonds. The molecule has 2 heterocycles. The molecular formula is C16H21N3O. The van der Waals surface area contributed by atoms with Crippen LogP contribution in [0.5, 0.6) is 0 Å². The lowest BCUT2D eigenvalue weighted by molar-refractivity contribution is 0.0608. The Balaban J connectivity index is 1.79. The molecule has 1 unspecified atom stereocenters. The first kappa shape index (κ1) is 13.5. The Kier molecular flexibility index (Phi) is 4.23. The van der Waals surface area contributed by atoms with Gasteiger partial charge in [-0.25, -0.2) is 0 Å². The van der Waals surface area contributed by atoms with Gasteiger partial charge >= 0.3 is 0 Å². The molecule has 20 heavy (non-hydrogen) atoms. The Morgan fingerprint density at radius 3 is 2.70 bits per heavy atom. The first-order chi connectivity index (χ1) is 9.86. The van der Waals surface area contributed by atoms with Crippen molar-refractivity contribution in [1.82, 2.24) is 15.3 Å². The third kappa shape index (κ3) is 2.97. The van der Waals surface area contributed by atoms with Crippen molar-refractivity contribution in [3.8, 4) is 0 Å². The third-order valence-electron chi connectivity index (χ3n) is 4.15. The fourth-order valence-corrected chi connectivity index (χ4v) is 2.93. The number of rotatable bonds is 4. The number of fused-ring (bicyclic) bond motifs is 1. The maximum Gasteiger partial charge on any atom is 0.0890 e. The topological polar surface area (TPSA) is 47.0 Å². The van der Waals surface area contributed by atoms with E-state index in [-0.39, 0.29) is 0 Å². The summed E-state index contributed by atoms with van der Waals surface area (Å²) in [5.74, 6) is 0.749.